The van der Waals surface area contributed by atoms with Crippen LogP contribution in [0.2, 0.25) is 0 Å². The minimum Gasteiger partial charge on any atom is -0.479 e. The van der Waals surface area contributed by atoms with Gasteiger partial charge in [-0.05, 0) is 116 Å². The first-order valence-corrected chi connectivity index (χ1v) is 30.9. The molecule has 1 fully saturated rings. The lowest BCUT2D eigenvalue weighted by Crippen LogP contribution is -2.61. The molecule has 1 aliphatic rings. The van der Waals surface area contributed by atoms with Crippen LogP contribution in [0.3, 0.4) is 0 Å². The number of esters is 3. The predicted molar refractivity (Wildman–Crippen MR) is 321 cm³/mol. The second-order valence-corrected chi connectivity index (χ2v) is 20.6. The Morgan fingerprint density at radius 1 is 0.430 bits per heavy atom. The Balaban J connectivity index is 2.72. The Hall–Kier alpha value is -4.62. The highest BCUT2D eigenvalue weighted by atomic mass is 16.7. The lowest BCUT2D eigenvalue weighted by molar-refractivity contribution is -0.301. The fraction of sp³-hybridized carbons (Fsp3) is 0.672. The van der Waals surface area contributed by atoms with Gasteiger partial charge in [0.15, 0.2) is 24.6 Å². The minimum atomic E-state index is -1.93. The fourth-order valence-corrected chi connectivity index (χ4v) is 8.65. The summed E-state index contributed by atoms with van der Waals surface area (Å²) in [5, 5.41) is 31.5. The van der Waals surface area contributed by atoms with Crippen molar-refractivity contribution in [3.05, 3.63) is 109 Å². The average molecular weight is 1110 g/mol. The molecule has 6 unspecified atom stereocenters. The summed E-state index contributed by atoms with van der Waals surface area (Å²) in [5.41, 5.74) is 0. The van der Waals surface area contributed by atoms with E-state index in [0.717, 1.165) is 89.9 Å². The zero-order chi connectivity index (χ0) is 57.5. The molecular formula is C67H108O12. The molecule has 0 aliphatic carbocycles. The highest BCUT2D eigenvalue weighted by Crippen LogP contribution is 2.26. The number of aliphatic carboxylic acids is 1. The Labute approximate surface area is 478 Å². The smallest absolute Gasteiger partial charge is 0.335 e. The number of aliphatic hydroxyl groups excluding tert-OH is 2. The molecule has 12 heteroatoms. The Kier molecular flexibility index (Phi) is 49.5. The van der Waals surface area contributed by atoms with Crippen molar-refractivity contribution in [3.63, 3.8) is 0 Å². The molecule has 79 heavy (non-hydrogen) atoms. The van der Waals surface area contributed by atoms with Crippen LogP contribution in [0.1, 0.15) is 239 Å². The van der Waals surface area contributed by atoms with E-state index in [1.54, 1.807) is 0 Å². The van der Waals surface area contributed by atoms with Crippen molar-refractivity contribution in [2.75, 3.05) is 13.2 Å². The molecule has 1 heterocycles. The highest BCUT2D eigenvalue weighted by Gasteiger charge is 2.50. The van der Waals surface area contributed by atoms with Gasteiger partial charge in [0.05, 0.1) is 6.61 Å². The number of allylic oxidation sites excluding steroid dienone is 18. The largest absolute Gasteiger partial charge is 0.479 e. The van der Waals surface area contributed by atoms with Crippen LogP contribution in [0.5, 0.6) is 0 Å². The molecule has 0 saturated carbocycles. The van der Waals surface area contributed by atoms with Crippen molar-refractivity contribution in [2.24, 2.45) is 0 Å². The molecule has 448 valence electrons. The number of unbranched alkanes of at least 4 members (excludes halogenated alkanes) is 19. The van der Waals surface area contributed by atoms with Crippen LogP contribution in [0.25, 0.3) is 0 Å². The number of hydrogen-bond donors (Lipinski definition) is 3. The van der Waals surface area contributed by atoms with Gasteiger partial charge in [-0.15, -0.1) is 0 Å². The molecule has 6 atom stereocenters. The van der Waals surface area contributed by atoms with Gasteiger partial charge in [-0.1, -0.05) is 214 Å². The van der Waals surface area contributed by atoms with Crippen LogP contribution < -0.4 is 0 Å². The van der Waals surface area contributed by atoms with Crippen LogP contribution in [0, 0.1) is 0 Å². The number of hydrogen-bond acceptors (Lipinski definition) is 11. The second-order valence-electron chi connectivity index (χ2n) is 20.6. The van der Waals surface area contributed by atoms with Crippen molar-refractivity contribution in [2.45, 2.75) is 276 Å². The standard InChI is InChI=1S/C67H108O12/c1-4-7-10-13-16-19-22-25-27-29-30-32-33-36-38-41-44-47-50-53-59(68)75-56-58(77-60(69)54-51-48-45-42-40-37-34-31-28-26-23-20-17-14-11-8-5-2)57-76-67-65(63(72)62(71)64(79-67)66(73)74)78-61(70)55-52-49-46-43-39-35-24-21-18-15-12-9-6-3/h8-9,11-12,17-18,20-21,25-28,34-35,37,39,42,45,58,62-65,67,71-72H,4-7,10,13-16,19,22-24,29-33,36,38,40-41,43-44,46-57H2,1-3H3,(H,73,74)/b11-8-,12-9-,20-17-,21-18-,27-25-,28-26-,37-34-,39-35-,45-42-. The number of carboxylic acids is 1. The van der Waals surface area contributed by atoms with E-state index >= 15 is 0 Å². The van der Waals surface area contributed by atoms with E-state index in [1.807, 2.05) is 12.2 Å². The summed E-state index contributed by atoms with van der Waals surface area (Å²) in [5.74, 6) is -3.25. The van der Waals surface area contributed by atoms with Gasteiger partial charge < -0.3 is 39.0 Å². The number of rotatable bonds is 51. The molecule has 0 amide bonds. The van der Waals surface area contributed by atoms with Crippen LogP contribution in [-0.4, -0.2) is 89.2 Å². The molecule has 1 saturated heterocycles. The summed E-state index contributed by atoms with van der Waals surface area (Å²) >= 11 is 0. The zero-order valence-electron chi connectivity index (χ0n) is 49.3. The first kappa shape index (κ1) is 72.4. The molecule has 0 spiro atoms. The first-order chi connectivity index (χ1) is 38.6. The Morgan fingerprint density at radius 2 is 0.810 bits per heavy atom. The summed E-state index contributed by atoms with van der Waals surface area (Å²) in [4.78, 5) is 51.2. The van der Waals surface area contributed by atoms with E-state index in [4.69, 9.17) is 23.7 Å². The molecule has 0 aromatic heterocycles. The maximum absolute atomic E-state index is 13.2. The maximum atomic E-state index is 13.2. The van der Waals surface area contributed by atoms with Gasteiger partial charge in [0.2, 0.25) is 0 Å². The van der Waals surface area contributed by atoms with E-state index in [2.05, 4.69) is 118 Å². The predicted octanol–water partition coefficient (Wildman–Crippen LogP) is 16.2. The summed E-state index contributed by atoms with van der Waals surface area (Å²) in [7, 11) is 0. The topological polar surface area (TPSA) is 175 Å². The van der Waals surface area contributed by atoms with E-state index in [0.29, 0.717) is 25.7 Å². The lowest BCUT2D eigenvalue weighted by Gasteiger charge is -2.40. The molecular weight excluding hydrogens is 997 g/mol. The number of ether oxygens (including phenoxy) is 5. The third-order valence-electron chi connectivity index (χ3n) is 13.3. The third-order valence-corrected chi connectivity index (χ3v) is 13.3. The van der Waals surface area contributed by atoms with Gasteiger partial charge in [0, 0.05) is 19.3 Å². The molecule has 1 rings (SSSR count). The summed E-state index contributed by atoms with van der Waals surface area (Å²) in [6.07, 6.45) is 60.7. The number of carbonyl (C=O) groups excluding carboxylic acids is 3. The van der Waals surface area contributed by atoms with Crippen LogP contribution in [-0.2, 0) is 42.9 Å². The summed E-state index contributed by atoms with van der Waals surface area (Å²) in [6, 6.07) is 0. The van der Waals surface area contributed by atoms with E-state index in [9.17, 15) is 34.5 Å². The van der Waals surface area contributed by atoms with Crippen molar-refractivity contribution in [1.29, 1.82) is 0 Å². The number of aliphatic hydroxyl groups is 2. The van der Waals surface area contributed by atoms with Gasteiger partial charge in [-0.2, -0.15) is 0 Å². The van der Waals surface area contributed by atoms with Crippen LogP contribution >= 0.6 is 0 Å². The molecule has 0 aromatic carbocycles. The SMILES string of the molecule is CC/C=C\C/C=C\C/C=C\C/C=C\C/C=C\CCCC(=O)OC(COC(=O)CCCCCCCCCCC/C=C\CCCCCCCC)COC1OC(C(=O)O)C(O)C(O)C1OC(=O)CCCCC/C=C\C/C=C\C/C=C\CC. The van der Waals surface area contributed by atoms with Gasteiger partial charge in [0.1, 0.15) is 18.8 Å². The van der Waals surface area contributed by atoms with Crippen LogP contribution in [0.15, 0.2) is 109 Å². The van der Waals surface area contributed by atoms with Gasteiger partial charge in [0.25, 0.3) is 0 Å². The van der Waals surface area contributed by atoms with E-state index < -0.39 is 67.3 Å². The quantitative estimate of drug-likeness (QED) is 0.0228. The molecule has 0 bridgehead atoms. The highest BCUT2D eigenvalue weighted by molar-refractivity contribution is 5.74. The fourth-order valence-electron chi connectivity index (χ4n) is 8.65. The zero-order valence-corrected chi connectivity index (χ0v) is 49.3. The van der Waals surface area contributed by atoms with Gasteiger partial charge in [-0.3, -0.25) is 14.4 Å². The van der Waals surface area contributed by atoms with E-state index in [-0.39, 0.29) is 25.9 Å². The normalized spacial score (nSPS) is 18.6. The molecule has 0 aromatic rings. The molecule has 12 nitrogen and oxygen atoms in total. The van der Waals surface area contributed by atoms with Crippen molar-refractivity contribution in [3.8, 4) is 0 Å². The Morgan fingerprint density at radius 3 is 1.28 bits per heavy atom. The maximum Gasteiger partial charge on any atom is 0.335 e. The molecule has 0 radical (unpaired) electrons. The van der Waals surface area contributed by atoms with Crippen molar-refractivity contribution in [1.82, 2.24) is 0 Å². The van der Waals surface area contributed by atoms with Gasteiger partial charge >= 0.3 is 23.9 Å². The average Bonchev–Trinajstić information content (AvgIpc) is 3.46. The monoisotopic (exact) mass is 1100 g/mol. The van der Waals surface area contributed by atoms with Crippen LogP contribution in [0.4, 0.5) is 0 Å². The summed E-state index contributed by atoms with van der Waals surface area (Å²) in [6.45, 7) is 5.70. The Bertz CT molecular complexity index is 1790. The van der Waals surface area contributed by atoms with Gasteiger partial charge in [-0.25, -0.2) is 4.79 Å². The second kappa shape index (κ2) is 54.0. The third kappa shape index (κ3) is 43.8. The lowest BCUT2D eigenvalue weighted by atomic mass is 9.98. The first-order valence-electron chi connectivity index (χ1n) is 30.9. The van der Waals surface area contributed by atoms with E-state index in [1.165, 1.54) is 83.5 Å². The van der Waals surface area contributed by atoms with Crippen molar-refractivity contribution < 1.29 is 58.2 Å². The minimum absolute atomic E-state index is 0.0135. The number of carboxylic acid groups (broad SMARTS) is 1. The van der Waals surface area contributed by atoms with Crippen molar-refractivity contribution >= 4 is 23.9 Å². The number of carbonyl (C=O) groups is 4. The summed E-state index contributed by atoms with van der Waals surface area (Å²) < 4.78 is 28.4. The molecule has 1 aliphatic heterocycles. The molecule has 3 N–H and O–H groups in total.